The highest BCUT2D eigenvalue weighted by Gasteiger charge is 2.25. The zero-order chi connectivity index (χ0) is 14.0. The molecule has 2 nitrogen and oxygen atoms in total. The van der Waals surface area contributed by atoms with Crippen molar-refractivity contribution in [2.75, 3.05) is 19.6 Å². The monoisotopic (exact) mass is 280 g/mol. The summed E-state index contributed by atoms with van der Waals surface area (Å²) in [6.07, 6.45) is 1.26. The molecule has 19 heavy (non-hydrogen) atoms. The van der Waals surface area contributed by atoms with Gasteiger partial charge in [-0.1, -0.05) is 13.8 Å². The van der Waals surface area contributed by atoms with E-state index in [2.05, 4.69) is 50.9 Å². The Morgan fingerprint density at radius 2 is 2.05 bits per heavy atom. The summed E-state index contributed by atoms with van der Waals surface area (Å²) >= 11 is 1.93. The molecule has 0 radical (unpaired) electrons. The lowest BCUT2D eigenvalue weighted by Gasteiger charge is -2.31. The van der Waals surface area contributed by atoms with E-state index in [9.17, 15) is 0 Å². The molecule has 1 aromatic heterocycles. The average Bonchev–Trinajstić information content (AvgIpc) is 2.57. The SMILES string of the molecule is Cc1cc(C(C)N2CCCNC(C(C)C)C2)c(C)s1. The third-order valence-electron chi connectivity index (χ3n) is 4.34. The van der Waals surface area contributed by atoms with Crippen LogP contribution in [0.25, 0.3) is 0 Å². The lowest BCUT2D eigenvalue weighted by Crippen LogP contribution is -2.42. The van der Waals surface area contributed by atoms with Gasteiger partial charge in [-0.25, -0.2) is 0 Å². The molecule has 0 spiro atoms. The van der Waals surface area contributed by atoms with Crippen molar-refractivity contribution in [3.05, 3.63) is 21.4 Å². The Balaban J connectivity index is 2.12. The fourth-order valence-corrected chi connectivity index (χ4v) is 4.05. The van der Waals surface area contributed by atoms with Gasteiger partial charge in [0.1, 0.15) is 0 Å². The summed E-state index contributed by atoms with van der Waals surface area (Å²) in [5, 5.41) is 3.70. The van der Waals surface area contributed by atoms with E-state index in [4.69, 9.17) is 0 Å². The second kappa shape index (κ2) is 6.38. The van der Waals surface area contributed by atoms with Crippen molar-refractivity contribution in [2.24, 2.45) is 5.92 Å². The molecule has 2 heterocycles. The first-order valence-corrected chi connectivity index (χ1v) is 8.35. The van der Waals surface area contributed by atoms with Gasteiger partial charge < -0.3 is 5.32 Å². The Hall–Kier alpha value is -0.380. The molecule has 1 aliphatic heterocycles. The molecule has 2 rings (SSSR count). The summed E-state index contributed by atoms with van der Waals surface area (Å²) in [7, 11) is 0. The van der Waals surface area contributed by atoms with Gasteiger partial charge in [-0.2, -0.15) is 0 Å². The van der Waals surface area contributed by atoms with Crippen molar-refractivity contribution in [2.45, 2.75) is 53.1 Å². The number of aryl methyl sites for hydroxylation is 2. The molecule has 2 unspecified atom stereocenters. The van der Waals surface area contributed by atoms with Crippen molar-refractivity contribution in [1.29, 1.82) is 0 Å². The Bertz CT molecular complexity index is 411. The molecular weight excluding hydrogens is 252 g/mol. The van der Waals surface area contributed by atoms with Gasteiger partial charge in [-0.15, -0.1) is 11.3 Å². The molecule has 3 heteroatoms. The number of thiophene rings is 1. The van der Waals surface area contributed by atoms with Crippen LogP contribution >= 0.6 is 11.3 Å². The molecule has 1 saturated heterocycles. The zero-order valence-electron chi connectivity index (χ0n) is 13.0. The highest BCUT2D eigenvalue weighted by atomic mass is 32.1. The smallest absolute Gasteiger partial charge is 0.0331 e. The van der Waals surface area contributed by atoms with E-state index in [0.717, 1.165) is 6.54 Å². The summed E-state index contributed by atoms with van der Waals surface area (Å²) in [6, 6.07) is 3.56. The average molecular weight is 280 g/mol. The van der Waals surface area contributed by atoms with E-state index in [1.807, 2.05) is 11.3 Å². The second-order valence-electron chi connectivity index (χ2n) is 6.20. The zero-order valence-corrected chi connectivity index (χ0v) is 13.8. The highest BCUT2D eigenvalue weighted by Crippen LogP contribution is 2.30. The maximum absolute atomic E-state index is 3.70. The Morgan fingerprint density at radius 1 is 1.32 bits per heavy atom. The molecule has 1 aromatic rings. The highest BCUT2D eigenvalue weighted by molar-refractivity contribution is 7.12. The van der Waals surface area contributed by atoms with E-state index in [-0.39, 0.29) is 0 Å². The van der Waals surface area contributed by atoms with E-state index in [1.165, 1.54) is 34.8 Å². The predicted molar refractivity (Wildman–Crippen MR) is 85.0 cm³/mol. The third kappa shape index (κ3) is 3.59. The van der Waals surface area contributed by atoms with Crippen LogP contribution in [-0.2, 0) is 0 Å². The Morgan fingerprint density at radius 3 is 2.63 bits per heavy atom. The van der Waals surface area contributed by atoms with Crippen molar-refractivity contribution >= 4 is 11.3 Å². The van der Waals surface area contributed by atoms with Gasteiger partial charge in [0.25, 0.3) is 0 Å². The minimum absolute atomic E-state index is 0.547. The summed E-state index contributed by atoms with van der Waals surface area (Å²) in [4.78, 5) is 5.59. The molecule has 0 aliphatic carbocycles. The van der Waals surface area contributed by atoms with Crippen molar-refractivity contribution in [3.63, 3.8) is 0 Å². The molecular formula is C16H28N2S. The van der Waals surface area contributed by atoms with Gasteiger partial charge >= 0.3 is 0 Å². The number of nitrogens with zero attached hydrogens (tertiary/aromatic N) is 1. The molecule has 1 aliphatic rings. The molecule has 1 fully saturated rings. The van der Waals surface area contributed by atoms with Crippen LogP contribution in [0.3, 0.4) is 0 Å². The molecule has 1 N–H and O–H groups in total. The van der Waals surface area contributed by atoms with Crippen LogP contribution in [0, 0.1) is 19.8 Å². The first-order valence-electron chi connectivity index (χ1n) is 7.53. The first kappa shape index (κ1) is 15.0. The van der Waals surface area contributed by atoms with Gasteiger partial charge in [0, 0.05) is 34.9 Å². The minimum atomic E-state index is 0.547. The molecule has 108 valence electrons. The number of hydrogen-bond donors (Lipinski definition) is 1. The molecule has 0 aromatic carbocycles. The van der Waals surface area contributed by atoms with Crippen molar-refractivity contribution in [1.82, 2.24) is 10.2 Å². The van der Waals surface area contributed by atoms with Crippen LogP contribution in [0.5, 0.6) is 0 Å². The standard InChI is InChI=1S/C16H28N2S/c1-11(2)16-10-18(8-6-7-17-16)13(4)15-9-12(3)19-14(15)5/h9,11,13,16-17H,6-8,10H2,1-5H3. The summed E-state index contributed by atoms with van der Waals surface area (Å²) in [6.45, 7) is 15.1. The van der Waals surface area contributed by atoms with E-state index in [1.54, 1.807) is 0 Å². The van der Waals surface area contributed by atoms with Crippen LogP contribution in [0.4, 0.5) is 0 Å². The molecule has 2 atom stereocenters. The Labute approximate surface area is 122 Å². The minimum Gasteiger partial charge on any atom is -0.312 e. The van der Waals surface area contributed by atoms with Crippen molar-refractivity contribution in [3.8, 4) is 0 Å². The molecule has 0 amide bonds. The number of hydrogen-bond acceptors (Lipinski definition) is 3. The summed E-state index contributed by atoms with van der Waals surface area (Å²) < 4.78 is 0. The summed E-state index contributed by atoms with van der Waals surface area (Å²) in [5.74, 6) is 0.707. The van der Waals surface area contributed by atoms with Crippen LogP contribution in [-0.4, -0.2) is 30.6 Å². The van der Waals surface area contributed by atoms with Crippen LogP contribution in [0.2, 0.25) is 0 Å². The van der Waals surface area contributed by atoms with Gasteiger partial charge in [-0.3, -0.25) is 4.90 Å². The van der Waals surface area contributed by atoms with Crippen LogP contribution in [0.1, 0.15) is 48.6 Å². The predicted octanol–water partition coefficient (Wildman–Crippen LogP) is 3.75. The largest absolute Gasteiger partial charge is 0.312 e. The van der Waals surface area contributed by atoms with Crippen molar-refractivity contribution < 1.29 is 0 Å². The Kier molecular flexibility index (Phi) is 5.04. The number of rotatable bonds is 3. The van der Waals surface area contributed by atoms with Gasteiger partial charge in [0.2, 0.25) is 0 Å². The maximum atomic E-state index is 3.70. The lowest BCUT2D eigenvalue weighted by atomic mass is 10.0. The van der Waals surface area contributed by atoms with E-state index >= 15 is 0 Å². The van der Waals surface area contributed by atoms with Gasteiger partial charge in [0.05, 0.1) is 0 Å². The topological polar surface area (TPSA) is 15.3 Å². The molecule has 0 saturated carbocycles. The van der Waals surface area contributed by atoms with Crippen LogP contribution < -0.4 is 5.32 Å². The maximum Gasteiger partial charge on any atom is 0.0331 e. The normalized spacial score (nSPS) is 23.6. The first-order chi connectivity index (χ1) is 8.99. The van der Waals surface area contributed by atoms with Crippen LogP contribution in [0.15, 0.2) is 6.07 Å². The van der Waals surface area contributed by atoms with E-state index < -0.39 is 0 Å². The van der Waals surface area contributed by atoms with Gasteiger partial charge in [-0.05, 0) is 51.3 Å². The number of nitrogens with one attached hydrogen (secondary N) is 1. The van der Waals surface area contributed by atoms with E-state index in [0.29, 0.717) is 18.0 Å². The fourth-order valence-electron chi connectivity index (χ4n) is 3.04. The third-order valence-corrected chi connectivity index (χ3v) is 5.32. The lowest BCUT2D eigenvalue weighted by molar-refractivity contribution is 0.192. The fraction of sp³-hybridized carbons (Fsp3) is 0.750. The molecule has 0 bridgehead atoms. The quantitative estimate of drug-likeness (QED) is 0.907. The summed E-state index contributed by atoms with van der Waals surface area (Å²) in [5.41, 5.74) is 1.53. The van der Waals surface area contributed by atoms with Gasteiger partial charge in [0.15, 0.2) is 0 Å². The second-order valence-corrected chi connectivity index (χ2v) is 7.66.